The van der Waals surface area contributed by atoms with Crippen molar-refractivity contribution in [1.82, 2.24) is 0 Å². The molecular formula is C16H15ClN2O4. The van der Waals surface area contributed by atoms with Crippen molar-refractivity contribution in [2.45, 2.75) is 12.8 Å². The quantitative estimate of drug-likeness (QED) is 0.662. The zero-order valence-electron chi connectivity index (χ0n) is 12.6. The van der Waals surface area contributed by atoms with Crippen LogP contribution in [0.25, 0.3) is 0 Å². The third-order valence-corrected chi connectivity index (χ3v) is 3.71. The molecule has 0 saturated carbocycles. The molecule has 0 radical (unpaired) electrons. The van der Waals surface area contributed by atoms with Crippen LogP contribution in [-0.2, 0) is 4.79 Å². The first-order valence-electron chi connectivity index (χ1n) is 6.81. The Morgan fingerprint density at radius 2 is 1.91 bits per heavy atom. The Bertz CT molecular complexity index is 731. The fourth-order valence-corrected chi connectivity index (χ4v) is 2.29. The lowest BCUT2D eigenvalue weighted by molar-refractivity contribution is -0.384. The van der Waals surface area contributed by atoms with Gasteiger partial charge in [0.05, 0.1) is 23.0 Å². The van der Waals surface area contributed by atoms with Crippen LogP contribution in [0.15, 0.2) is 42.5 Å². The van der Waals surface area contributed by atoms with Gasteiger partial charge in [-0.1, -0.05) is 23.7 Å². The largest absolute Gasteiger partial charge is 0.495 e. The molecule has 2 aromatic rings. The molecule has 1 N–H and O–H groups in total. The van der Waals surface area contributed by atoms with Gasteiger partial charge in [-0.25, -0.2) is 0 Å². The van der Waals surface area contributed by atoms with Crippen LogP contribution >= 0.6 is 11.6 Å². The number of nitrogens with one attached hydrogen (secondary N) is 1. The summed E-state index contributed by atoms with van der Waals surface area (Å²) in [5.41, 5.74) is 1.23. The number of carbonyl (C=O) groups is 1. The monoisotopic (exact) mass is 334 g/mol. The van der Waals surface area contributed by atoms with Crippen molar-refractivity contribution in [2.75, 3.05) is 12.4 Å². The molecule has 0 aliphatic heterocycles. The van der Waals surface area contributed by atoms with E-state index in [1.54, 1.807) is 37.3 Å². The highest BCUT2D eigenvalue weighted by atomic mass is 35.5. The minimum atomic E-state index is -0.478. The number of rotatable bonds is 5. The normalized spacial score (nSPS) is 11.6. The number of ether oxygens (including phenoxy) is 1. The van der Waals surface area contributed by atoms with Gasteiger partial charge in [0.2, 0.25) is 5.91 Å². The summed E-state index contributed by atoms with van der Waals surface area (Å²) in [5.74, 6) is -0.176. The van der Waals surface area contributed by atoms with E-state index < -0.39 is 10.8 Å². The number of hydrogen-bond acceptors (Lipinski definition) is 4. The average Bonchev–Trinajstić information content (AvgIpc) is 2.54. The number of anilines is 1. The van der Waals surface area contributed by atoms with Crippen LogP contribution in [0.2, 0.25) is 5.02 Å². The second-order valence-corrected chi connectivity index (χ2v) is 5.32. The Morgan fingerprint density at radius 1 is 1.26 bits per heavy atom. The maximum Gasteiger partial charge on any atom is 0.269 e. The molecule has 2 aromatic carbocycles. The van der Waals surface area contributed by atoms with Crippen LogP contribution in [0.5, 0.6) is 5.75 Å². The molecule has 1 atom stereocenters. The van der Waals surface area contributed by atoms with Gasteiger partial charge >= 0.3 is 0 Å². The number of methoxy groups -OCH3 is 1. The highest BCUT2D eigenvalue weighted by Crippen LogP contribution is 2.28. The molecular weight excluding hydrogens is 320 g/mol. The lowest BCUT2D eigenvalue weighted by Crippen LogP contribution is -2.18. The van der Waals surface area contributed by atoms with Crippen molar-refractivity contribution in [1.29, 1.82) is 0 Å². The minimum Gasteiger partial charge on any atom is -0.495 e. The summed E-state index contributed by atoms with van der Waals surface area (Å²) < 4.78 is 5.05. The Hall–Kier alpha value is -2.60. The number of hydrogen-bond donors (Lipinski definition) is 1. The van der Waals surface area contributed by atoms with E-state index >= 15 is 0 Å². The van der Waals surface area contributed by atoms with Crippen molar-refractivity contribution in [3.05, 3.63) is 63.2 Å². The number of carbonyl (C=O) groups excluding carboxylic acids is 1. The van der Waals surface area contributed by atoms with Gasteiger partial charge in [0.25, 0.3) is 5.69 Å². The molecule has 0 fully saturated rings. The molecule has 23 heavy (non-hydrogen) atoms. The van der Waals surface area contributed by atoms with Gasteiger partial charge in [-0.05, 0) is 30.7 Å². The first kappa shape index (κ1) is 16.8. The van der Waals surface area contributed by atoms with E-state index in [0.29, 0.717) is 22.0 Å². The summed E-state index contributed by atoms with van der Waals surface area (Å²) >= 11 is 6.02. The molecule has 7 heteroatoms. The van der Waals surface area contributed by atoms with Crippen LogP contribution in [0.3, 0.4) is 0 Å². The zero-order chi connectivity index (χ0) is 17.0. The number of halogens is 1. The highest BCUT2D eigenvalue weighted by molar-refractivity contribution is 6.32. The SMILES string of the molecule is COc1ccc(NC(=O)[C@H](C)c2ccc([N+](=O)[O-])cc2)cc1Cl. The molecule has 0 heterocycles. The average molecular weight is 335 g/mol. The van der Waals surface area contributed by atoms with E-state index in [4.69, 9.17) is 16.3 Å². The summed E-state index contributed by atoms with van der Waals surface area (Å²) in [6.45, 7) is 1.72. The Balaban J connectivity index is 2.10. The van der Waals surface area contributed by atoms with Crippen LogP contribution in [0.1, 0.15) is 18.4 Å². The standard InChI is InChI=1S/C16H15ClN2O4/c1-10(11-3-6-13(7-4-11)19(21)22)16(20)18-12-5-8-15(23-2)14(17)9-12/h3-10H,1-2H3,(H,18,20)/t10-/m1/s1. The van der Waals surface area contributed by atoms with Gasteiger partial charge in [0, 0.05) is 17.8 Å². The molecule has 0 unspecified atom stereocenters. The summed E-state index contributed by atoms with van der Waals surface area (Å²) in [7, 11) is 1.51. The number of non-ortho nitro benzene ring substituents is 1. The minimum absolute atomic E-state index is 0.0108. The number of nitro benzene ring substituents is 1. The smallest absolute Gasteiger partial charge is 0.269 e. The van der Waals surface area contributed by atoms with Gasteiger partial charge in [-0.3, -0.25) is 14.9 Å². The van der Waals surface area contributed by atoms with Crippen molar-refractivity contribution >= 4 is 28.9 Å². The molecule has 0 aliphatic carbocycles. The van der Waals surface area contributed by atoms with E-state index in [9.17, 15) is 14.9 Å². The predicted molar refractivity (Wildman–Crippen MR) is 88.1 cm³/mol. The van der Waals surface area contributed by atoms with E-state index in [1.807, 2.05) is 0 Å². The van der Waals surface area contributed by atoms with Crippen molar-refractivity contribution in [3.63, 3.8) is 0 Å². The van der Waals surface area contributed by atoms with Gasteiger partial charge in [-0.15, -0.1) is 0 Å². The van der Waals surface area contributed by atoms with Gasteiger partial charge in [-0.2, -0.15) is 0 Å². The summed E-state index contributed by atoms with van der Waals surface area (Å²) in [4.78, 5) is 22.4. The first-order valence-corrected chi connectivity index (χ1v) is 7.19. The van der Waals surface area contributed by atoms with E-state index in [1.165, 1.54) is 19.2 Å². The Kier molecular flexibility index (Phi) is 5.18. The summed E-state index contributed by atoms with van der Waals surface area (Å²) in [5, 5.41) is 13.8. The predicted octanol–water partition coefficient (Wildman–Crippen LogP) is 4.00. The second-order valence-electron chi connectivity index (χ2n) is 4.91. The number of benzene rings is 2. The third-order valence-electron chi connectivity index (χ3n) is 3.42. The first-order chi connectivity index (χ1) is 10.9. The molecule has 0 spiro atoms. The number of amides is 1. The Labute approximate surface area is 138 Å². The topological polar surface area (TPSA) is 81.5 Å². The van der Waals surface area contributed by atoms with Gasteiger partial charge < -0.3 is 10.1 Å². The third kappa shape index (κ3) is 3.98. The second kappa shape index (κ2) is 7.11. The Morgan fingerprint density at radius 3 is 2.43 bits per heavy atom. The van der Waals surface area contributed by atoms with Crippen molar-refractivity contribution in [2.24, 2.45) is 0 Å². The fraction of sp³-hybridized carbons (Fsp3) is 0.188. The van der Waals surface area contributed by atoms with Crippen LogP contribution in [0, 0.1) is 10.1 Å². The maximum absolute atomic E-state index is 12.3. The van der Waals surface area contributed by atoms with E-state index in [2.05, 4.69) is 5.32 Å². The number of nitrogens with zero attached hydrogens (tertiary/aromatic N) is 1. The van der Waals surface area contributed by atoms with Crippen LogP contribution < -0.4 is 10.1 Å². The maximum atomic E-state index is 12.3. The lowest BCUT2D eigenvalue weighted by atomic mass is 10.00. The van der Waals surface area contributed by atoms with E-state index in [0.717, 1.165) is 0 Å². The highest BCUT2D eigenvalue weighted by Gasteiger charge is 2.17. The molecule has 2 rings (SSSR count). The zero-order valence-corrected chi connectivity index (χ0v) is 13.3. The van der Waals surface area contributed by atoms with Gasteiger partial charge in [0.15, 0.2) is 0 Å². The van der Waals surface area contributed by atoms with E-state index in [-0.39, 0.29) is 11.6 Å². The molecule has 0 saturated heterocycles. The summed E-state index contributed by atoms with van der Waals surface area (Å²) in [6, 6.07) is 10.8. The molecule has 120 valence electrons. The fourth-order valence-electron chi connectivity index (χ4n) is 2.03. The lowest BCUT2D eigenvalue weighted by Gasteiger charge is -2.13. The molecule has 0 bridgehead atoms. The number of nitro groups is 1. The van der Waals surface area contributed by atoms with Crippen molar-refractivity contribution < 1.29 is 14.5 Å². The van der Waals surface area contributed by atoms with Crippen molar-refractivity contribution in [3.8, 4) is 5.75 Å². The molecule has 1 amide bonds. The van der Waals surface area contributed by atoms with Crippen LogP contribution in [0.4, 0.5) is 11.4 Å². The molecule has 0 aromatic heterocycles. The van der Waals surface area contributed by atoms with Gasteiger partial charge in [0.1, 0.15) is 5.75 Å². The molecule has 0 aliphatic rings. The summed E-state index contributed by atoms with van der Waals surface area (Å²) in [6.07, 6.45) is 0. The molecule has 6 nitrogen and oxygen atoms in total. The van der Waals surface area contributed by atoms with Crippen LogP contribution in [-0.4, -0.2) is 17.9 Å².